The van der Waals surface area contributed by atoms with Crippen LogP contribution in [-0.2, 0) is 10.5 Å². The molecule has 0 bridgehead atoms. The number of hydrogen-bond acceptors (Lipinski definition) is 3. The number of halogens is 1. The van der Waals surface area contributed by atoms with E-state index in [9.17, 15) is 4.79 Å². The van der Waals surface area contributed by atoms with Crippen LogP contribution in [0.5, 0.6) is 0 Å². The molecule has 1 aliphatic heterocycles. The molecule has 1 aliphatic rings. The molecule has 1 atom stereocenters. The lowest BCUT2D eigenvalue weighted by atomic mass is 10.2. The van der Waals surface area contributed by atoms with Gasteiger partial charge in [-0.1, -0.05) is 23.7 Å². The highest BCUT2D eigenvalue weighted by molar-refractivity contribution is 7.99. The Bertz CT molecular complexity index is 441. The molecule has 5 heteroatoms. The molecule has 0 unspecified atom stereocenters. The number of amides is 1. The van der Waals surface area contributed by atoms with Crippen molar-refractivity contribution in [2.24, 2.45) is 0 Å². The van der Waals surface area contributed by atoms with Crippen LogP contribution < -0.4 is 5.32 Å². The first-order valence-electron chi connectivity index (χ1n) is 6.49. The Morgan fingerprint density at radius 2 is 2.42 bits per heavy atom. The first kappa shape index (κ1) is 14.7. The van der Waals surface area contributed by atoms with E-state index in [0.29, 0.717) is 11.8 Å². The summed E-state index contributed by atoms with van der Waals surface area (Å²) < 4.78 is 0. The van der Waals surface area contributed by atoms with Gasteiger partial charge >= 0.3 is 0 Å². The van der Waals surface area contributed by atoms with Crippen LogP contribution in [0.3, 0.4) is 0 Å². The van der Waals surface area contributed by atoms with Gasteiger partial charge in [0.15, 0.2) is 0 Å². The van der Waals surface area contributed by atoms with Gasteiger partial charge in [-0.05, 0) is 24.6 Å². The van der Waals surface area contributed by atoms with Gasteiger partial charge in [-0.2, -0.15) is 0 Å². The second kappa shape index (κ2) is 7.17. The highest BCUT2D eigenvalue weighted by Crippen LogP contribution is 2.17. The van der Waals surface area contributed by atoms with Crippen LogP contribution >= 0.6 is 23.4 Å². The van der Waals surface area contributed by atoms with Crippen molar-refractivity contribution < 1.29 is 4.79 Å². The first-order valence-corrected chi connectivity index (χ1v) is 8.02. The predicted molar refractivity (Wildman–Crippen MR) is 81.7 cm³/mol. The topological polar surface area (TPSA) is 32.3 Å². The van der Waals surface area contributed by atoms with Crippen molar-refractivity contribution in [1.29, 1.82) is 0 Å². The minimum Gasteiger partial charge on any atom is -0.337 e. The standard InChI is InChI=1S/C14H19ClN2OS/c1-11-8-16-5-6-17(11)14(18)10-19-9-12-3-2-4-13(15)7-12/h2-4,7,11,16H,5-6,8-10H2,1H3/t11-/m0/s1. The maximum absolute atomic E-state index is 12.1. The van der Waals surface area contributed by atoms with Crippen molar-refractivity contribution in [3.05, 3.63) is 34.9 Å². The average molecular weight is 299 g/mol. The molecule has 0 spiro atoms. The van der Waals surface area contributed by atoms with Gasteiger partial charge in [0, 0.05) is 36.5 Å². The fourth-order valence-electron chi connectivity index (χ4n) is 2.18. The Kier molecular flexibility index (Phi) is 5.55. The maximum Gasteiger partial charge on any atom is 0.232 e. The minimum atomic E-state index is 0.237. The van der Waals surface area contributed by atoms with Gasteiger partial charge < -0.3 is 10.2 Å². The van der Waals surface area contributed by atoms with Crippen LogP contribution in [0.15, 0.2) is 24.3 Å². The summed E-state index contributed by atoms with van der Waals surface area (Å²) in [6.45, 7) is 4.70. The van der Waals surface area contributed by atoms with Gasteiger partial charge in [0.05, 0.1) is 5.75 Å². The molecule has 1 aromatic carbocycles. The molecule has 2 rings (SSSR count). The predicted octanol–water partition coefficient (Wildman–Crippen LogP) is 2.39. The molecule has 1 fully saturated rings. The number of thioether (sulfide) groups is 1. The molecular weight excluding hydrogens is 280 g/mol. The molecule has 0 saturated carbocycles. The summed E-state index contributed by atoms with van der Waals surface area (Å²) in [4.78, 5) is 14.1. The number of benzene rings is 1. The quantitative estimate of drug-likeness (QED) is 0.926. The molecule has 19 heavy (non-hydrogen) atoms. The highest BCUT2D eigenvalue weighted by Gasteiger charge is 2.22. The van der Waals surface area contributed by atoms with Gasteiger partial charge in [0.2, 0.25) is 5.91 Å². The van der Waals surface area contributed by atoms with E-state index >= 15 is 0 Å². The Morgan fingerprint density at radius 1 is 1.58 bits per heavy atom. The van der Waals surface area contributed by atoms with E-state index in [0.717, 1.165) is 30.4 Å². The molecule has 1 heterocycles. The molecule has 1 amide bonds. The summed E-state index contributed by atoms with van der Waals surface area (Å²) in [5.41, 5.74) is 1.17. The Balaban J connectivity index is 1.77. The number of piperazine rings is 1. The lowest BCUT2D eigenvalue weighted by molar-refractivity contribution is -0.131. The molecular formula is C14H19ClN2OS. The van der Waals surface area contributed by atoms with Crippen molar-refractivity contribution in [1.82, 2.24) is 10.2 Å². The Hall–Kier alpha value is -0.710. The van der Waals surface area contributed by atoms with E-state index in [1.807, 2.05) is 29.2 Å². The molecule has 1 N–H and O–H groups in total. The van der Waals surface area contributed by atoms with E-state index in [2.05, 4.69) is 12.2 Å². The third-order valence-corrected chi connectivity index (χ3v) is 4.43. The van der Waals surface area contributed by atoms with Gasteiger partial charge in [-0.3, -0.25) is 4.79 Å². The van der Waals surface area contributed by atoms with Gasteiger partial charge in [0.1, 0.15) is 0 Å². The van der Waals surface area contributed by atoms with Crippen molar-refractivity contribution in [3.63, 3.8) is 0 Å². The molecule has 104 valence electrons. The number of carbonyl (C=O) groups is 1. The first-order chi connectivity index (χ1) is 9.16. The number of rotatable bonds is 4. The average Bonchev–Trinajstić information content (AvgIpc) is 2.39. The largest absolute Gasteiger partial charge is 0.337 e. The van der Waals surface area contributed by atoms with Crippen LogP contribution in [0.1, 0.15) is 12.5 Å². The normalized spacial score (nSPS) is 19.5. The van der Waals surface area contributed by atoms with E-state index in [1.165, 1.54) is 5.56 Å². The number of nitrogens with zero attached hydrogens (tertiary/aromatic N) is 1. The third kappa shape index (κ3) is 4.41. The zero-order chi connectivity index (χ0) is 13.7. The Labute approximate surface area is 123 Å². The van der Waals surface area contributed by atoms with E-state index < -0.39 is 0 Å². The van der Waals surface area contributed by atoms with Crippen LogP contribution in [0, 0.1) is 0 Å². The molecule has 0 aliphatic carbocycles. The summed E-state index contributed by atoms with van der Waals surface area (Å²) in [6.07, 6.45) is 0. The number of nitrogens with one attached hydrogen (secondary N) is 1. The zero-order valence-corrected chi connectivity index (χ0v) is 12.6. The zero-order valence-electron chi connectivity index (χ0n) is 11.1. The third-order valence-electron chi connectivity index (χ3n) is 3.20. The fraction of sp³-hybridized carbons (Fsp3) is 0.500. The monoisotopic (exact) mass is 298 g/mol. The second-order valence-corrected chi connectivity index (χ2v) is 6.19. The minimum absolute atomic E-state index is 0.237. The maximum atomic E-state index is 12.1. The van der Waals surface area contributed by atoms with E-state index in [4.69, 9.17) is 11.6 Å². The van der Waals surface area contributed by atoms with Gasteiger partial charge in [0.25, 0.3) is 0 Å². The summed E-state index contributed by atoms with van der Waals surface area (Å²) in [7, 11) is 0. The van der Waals surface area contributed by atoms with Crippen molar-refractivity contribution in [3.8, 4) is 0 Å². The number of carbonyl (C=O) groups excluding carboxylic acids is 1. The second-order valence-electron chi connectivity index (χ2n) is 4.76. The van der Waals surface area contributed by atoms with Crippen LogP contribution in [0.2, 0.25) is 5.02 Å². The van der Waals surface area contributed by atoms with Gasteiger partial charge in [-0.25, -0.2) is 0 Å². The van der Waals surface area contributed by atoms with Gasteiger partial charge in [-0.15, -0.1) is 11.8 Å². The number of hydrogen-bond donors (Lipinski definition) is 1. The van der Waals surface area contributed by atoms with Crippen LogP contribution in [0.4, 0.5) is 0 Å². The van der Waals surface area contributed by atoms with Crippen molar-refractivity contribution in [2.75, 3.05) is 25.4 Å². The summed E-state index contributed by atoms with van der Waals surface area (Å²) in [5, 5.41) is 4.04. The Morgan fingerprint density at radius 3 is 3.16 bits per heavy atom. The summed E-state index contributed by atoms with van der Waals surface area (Å²) in [5.74, 6) is 1.60. The van der Waals surface area contributed by atoms with Crippen molar-refractivity contribution >= 4 is 29.3 Å². The molecule has 1 saturated heterocycles. The van der Waals surface area contributed by atoms with E-state index in [1.54, 1.807) is 11.8 Å². The lowest BCUT2D eigenvalue weighted by Crippen LogP contribution is -2.52. The smallest absolute Gasteiger partial charge is 0.232 e. The molecule has 3 nitrogen and oxygen atoms in total. The summed E-state index contributed by atoms with van der Waals surface area (Å²) >= 11 is 7.58. The van der Waals surface area contributed by atoms with E-state index in [-0.39, 0.29) is 5.91 Å². The SMILES string of the molecule is C[C@H]1CNCCN1C(=O)CSCc1cccc(Cl)c1. The molecule has 0 radical (unpaired) electrons. The summed E-state index contributed by atoms with van der Waals surface area (Å²) in [6, 6.07) is 8.10. The van der Waals surface area contributed by atoms with Crippen molar-refractivity contribution in [2.45, 2.75) is 18.7 Å². The highest BCUT2D eigenvalue weighted by atomic mass is 35.5. The fourth-order valence-corrected chi connectivity index (χ4v) is 3.25. The lowest BCUT2D eigenvalue weighted by Gasteiger charge is -2.34. The van der Waals surface area contributed by atoms with Crippen LogP contribution in [-0.4, -0.2) is 42.2 Å². The molecule has 0 aromatic heterocycles. The van der Waals surface area contributed by atoms with Crippen LogP contribution in [0.25, 0.3) is 0 Å². The molecule has 1 aromatic rings.